The molecule has 1 aromatic carbocycles. The van der Waals surface area contributed by atoms with Crippen molar-refractivity contribution in [1.82, 2.24) is 0 Å². The monoisotopic (exact) mass is 245 g/mol. The van der Waals surface area contributed by atoms with E-state index in [4.69, 9.17) is 9.47 Å². The van der Waals surface area contributed by atoms with Crippen molar-refractivity contribution in [2.75, 3.05) is 13.2 Å². The van der Waals surface area contributed by atoms with E-state index in [1.54, 1.807) is 0 Å². The molecule has 18 heavy (non-hydrogen) atoms. The molecule has 3 heteroatoms. The number of hydrogen-bond donors (Lipinski definition) is 0. The molecule has 0 saturated heterocycles. The van der Waals surface area contributed by atoms with Gasteiger partial charge in [0.1, 0.15) is 12.2 Å². The third-order valence-electron chi connectivity index (χ3n) is 2.97. The van der Waals surface area contributed by atoms with Gasteiger partial charge in [-0.15, -0.1) is 6.58 Å². The van der Waals surface area contributed by atoms with Gasteiger partial charge in [-0.25, -0.2) is 4.99 Å². The number of benzene rings is 1. The van der Waals surface area contributed by atoms with Crippen molar-refractivity contribution in [2.24, 2.45) is 4.99 Å². The highest BCUT2D eigenvalue weighted by Gasteiger charge is 2.34. The number of nitrogens with zero attached hydrogens (tertiary/aromatic N) is 1. The first-order valence-corrected chi connectivity index (χ1v) is 6.21. The fraction of sp³-hybridized carbons (Fsp3) is 0.400. The van der Waals surface area contributed by atoms with Crippen LogP contribution in [-0.4, -0.2) is 24.7 Å². The van der Waals surface area contributed by atoms with Crippen LogP contribution in [0.2, 0.25) is 0 Å². The van der Waals surface area contributed by atoms with Crippen LogP contribution in [0.1, 0.15) is 18.9 Å². The maximum absolute atomic E-state index is 6.01. The maximum Gasteiger partial charge on any atom is 0.216 e. The first kappa shape index (κ1) is 12.8. The van der Waals surface area contributed by atoms with Crippen molar-refractivity contribution in [3.8, 4) is 0 Å². The Morgan fingerprint density at radius 3 is 2.83 bits per heavy atom. The highest BCUT2D eigenvalue weighted by Crippen LogP contribution is 2.23. The molecule has 96 valence electrons. The molecular weight excluding hydrogens is 226 g/mol. The van der Waals surface area contributed by atoms with E-state index >= 15 is 0 Å². The molecule has 1 aromatic rings. The van der Waals surface area contributed by atoms with Gasteiger partial charge in [0.2, 0.25) is 5.90 Å². The third-order valence-corrected chi connectivity index (χ3v) is 2.97. The molecule has 3 nitrogen and oxygen atoms in total. The molecule has 0 aliphatic carbocycles. The summed E-state index contributed by atoms with van der Waals surface area (Å²) in [5.74, 6) is 0.693. The molecule has 1 unspecified atom stereocenters. The van der Waals surface area contributed by atoms with Crippen molar-refractivity contribution in [3.63, 3.8) is 0 Å². The molecular formula is C15H19NO2. The van der Waals surface area contributed by atoms with E-state index in [1.165, 1.54) is 0 Å². The molecule has 1 atom stereocenters. The van der Waals surface area contributed by atoms with E-state index in [-0.39, 0.29) is 0 Å². The summed E-state index contributed by atoms with van der Waals surface area (Å²) >= 11 is 0. The fourth-order valence-corrected chi connectivity index (χ4v) is 1.96. The maximum atomic E-state index is 6.01. The second-order valence-corrected chi connectivity index (χ2v) is 4.53. The Labute approximate surface area is 108 Å². The van der Waals surface area contributed by atoms with Crippen LogP contribution < -0.4 is 0 Å². The van der Waals surface area contributed by atoms with Gasteiger partial charge in [0.15, 0.2) is 0 Å². The van der Waals surface area contributed by atoms with Gasteiger partial charge in [-0.3, -0.25) is 0 Å². The lowest BCUT2D eigenvalue weighted by atomic mass is 10.0. The molecule has 0 bridgehead atoms. The normalized spacial score (nSPS) is 17.7. The van der Waals surface area contributed by atoms with E-state index in [0.717, 1.165) is 12.1 Å². The Hall–Kier alpha value is -1.61. The van der Waals surface area contributed by atoms with Gasteiger partial charge in [0, 0.05) is 6.42 Å². The summed E-state index contributed by atoms with van der Waals surface area (Å²) in [4.78, 5) is 4.36. The van der Waals surface area contributed by atoms with Crippen LogP contribution in [0.25, 0.3) is 0 Å². The van der Waals surface area contributed by atoms with Crippen molar-refractivity contribution in [3.05, 3.63) is 48.6 Å². The first-order valence-electron chi connectivity index (χ1n) is 6.21. The first-order chi connectivity index (χ1) is 8.74. The lowest BCUT2D eigenvalue weighted by Gasteiger charge is -2.28. The summed E-state index contributed by atoms with van der Waals surface area (Å²) in [6, 6.07) is 10.1. The standard InChI is InChI=1S/C15H19NO2/c1-3-9-15(2,14-16-10-11-17-14)18-12-13-7-5-4-6-8-13/h3-8H,1,9-12H2,2H3. The van der Waals surface area contributed by atoms with Crippen molar-refractivity contribution in [2.45, 2.75) is 25.6 Å². The molecule has 0 fully saturated rings. The van der Waals surface area contributed by atoms with Crippen LogP contribution in [0.15, 0.2) is 48.0 Å². The number of aliphatic imine (C=N–C) groups is 1. The second-order valence-electron chi connectivity index (χ2n) is 4.53. The Bertz CT molecular complexity index is 427. The molecule has 0 spiro atoms. The average Bonchev–Trinajstić information content (AvgIpc) is 2.93. The zero-order valence-electron chi connectivity index (χ0n) is 10.8. The number of rotatable bonds is 6. The zero-order chi connectivity index (χ0) is 12.8. The lowest BCUT2D eigenvalue weighted by Crippen LogP contribution is -2.38. The minimum atomic E-state index is -0.506. The fourth-order valence-electron chi connectivity index (χ4n) is 1.96. The summed E-state index contributed by atoms with van der Waals surface area (Å²) in [5, 5.41) is 0. The number of ether oxygens (including phenoxy) is 2. The smallest absolute Gasteiger partial charge is 0.216 e. The summed E-state index contributed by atoms with van der Waals surface area (Å²) < 4.78 is 11.5. The summed E-state index contributed by atoms with van der Waals surface area (Å²) in [5.41, 5.74) is 0.639. The molecule has 2 rings (SSSR count). The SMILES string of the molecule is C=CCC(C)(OCc1ccccc1)C1=NCCO1. The van der Waals surface area contributed by atoms with Crippen molar-refractivity contribution >= 4 is 5.90 Å². The van der Waals surface area contributed by atoms with E-state index in [2.05, 4.69) is 11.6 Å². The van der Waals surface area contributed by atoms with Gasteiger partial charge >= 0.3 is 0 Å². The zero-order valence-corrected chi connectivity index (χ0v) is 10.8. The van der Waals surface area contributed by atoms with Gasteiger partial charge in [-0.2, -0.15) is 0 Å². The van der Waals surface area contributed by atoms with Crippen molar-refractivity contribution < 1.29 is 9.47 Å². The van der Waals surface area contributed by atoms with Crippen LogP contribution in [0, 0.1) is 0 Å². The van der Waals surface area contributed by atoms with E-state index in [0.29, 0.717) is 25.5 Å². The van der Waals surface area contributed by atoms with Crippen LogP contribution in [0.5, 0.6) is 0 Å². The van der Waals surface area contributed by atoms with E-state index < -0.39 is 5.60 Å². The molecule has 1 aliphatic rings. The van der Waals surface area contributed by atoms with Crippen LogP contribution >= 0.6 is 0 Å². The van der Waals surface area contributed by atoms with Gasteiger partial charge in [-0.1, -0.05) is 36.4 Å². The topological polar surface area (TPSA) is 30.8 Å². The molecule has 0 aromatic heterocycles. The highest BCUT2D eigenvalue weighted by molar-refractivity contribution is 5.86. The van der Waals surface area contributed by atoms with Crippen LogP contribution in [0.4, 0.5) is 0 Å². The molecule has 0 radical (unpaired) electrons. The third kappa shape index (κ3) is 2.99. The quantitative estimate of drug-likeness (QED) is 0.721. The van der Waals surface area contributed by atoms with Crippen molar-refractivity contribution in [1.29, 1.82) is 0 Å². The highest BCUT2D eigenvalue weighted by atomic mass is 16.6. The van der Waals surface area contributed by atoms with Crippen LogP contribution in [-0.2, 0) is 16.1 Å². The van der Waals surface area contributed by atoms with Gasteiger partial charge < -0.3 is 9.47 Å². The molecule has 1 heterocycles. The number of hydrogen-bond acceptors (Lipinski definition) is 3. The summed E-state index contributed by atoms with van der Waals surface area (Å²) in [6.07, 6.45) is 2.54. The Kier molecular flexibility index (Phi) is 4.15. The lowest BCUT2D eigenvalue weighted by molar-refractivity contribution is -0.00369. The molecule has 0 N–H and O–H groups in total. The summed E-state index contributed by atoms with van der Waals surface area (Å²) in [6.45, 7) is 7.70. The summed E-state index contributed by atoms with van der Waals surface area (Å²) in [7, 11) is 0. The predicted molar refractivity (Wildman–Crippen MR) is 72.7 cm³/mol. The minimum absolute atomic E-state index is 0.506. The van der Waals surface area contributed by atoms with Gasteiger partial charge in [0.25, 0.3) is 0 Å². The predicted octanol–water partition coefficient (Wildman–Crippen LogP) is 2.97. The van der Waals surface area contributed by atoms with E-state index in [1.807, 2.05) is 43.3 Å². The van der Waals surface area contributed by atoms with Crippen LogP contribution in [0.3, 0.4) is 0 Å². The minimum Gasteiger partial charge on any atom is -0.477 e. The average molecular weight is 245 g/mol. The molecule has 0 amide bonds. The second kappa shape index (κ2) is 5.83. The largest absolute Gasteiger partial charge is 0.477 e. The Morgan fingerprint density at radius 1 is 1.44 bits per heavy atom. The Balaban J connectivity index is 2.04. The Morgan fingerprint density at radius 2 is 2.22 bits per heavy atom. The molecule has 1 aliphatic heterocycles. The van der Waals surface area contributed by atoms with E-state index in [9.17, 15) is 0 Å². The van der Waals surface area contributed by atoms with Gasteiger partial charge in [-0.05, 0) is 12.5 Å². The molecule has 0 saturated carbocycles. The van der Waals surface area contributed by atoms with Gasteiger partial charge in [0.05, 0.1) is 13.2 Å².